The van der Waals surface area contributed by atoms with E-state index in [1.54, 1.807) is 0 Å². The molecule has 1 aliphatic rings. The normalized spacial score (nSPS) is 17.8. The van der Waals surface area contributed by atoms with Crippen LogP contribution < -0.4 is 5.32 Å². The fourth-order valence-electron chi connectivity index (χ4n) is 1.75. The molecule has 1 aliphatic heterocycles. The highest BCUT2D eigenvalue weighted by molar-refractivity contribution is 4.65. The van der Waals surface area contributed by atoms with Crippen molar-refractivity contribution in [1.29, 1.82) is 0 Å². The molecular weight excluding hydrogens is 176 g/mol. The summed E-state index contributed by atoms with van der Waals surface area (Å²) in [6, 6.07) is 0. The van der Waals surface area contributed by atoms with Gasteiger partial charge in [0.25, 0.3) is 0 Å². The van der Waals surface area contributed by atoms with Gasteiger partial charge in [0.05, 0.1) is 13.2 Å². The second-order valence-corrected chi connectivity index (χ2v) is 3.91. The van der Waals surface area contributed by atoms with Gasteiger partial charge in [-0.05, 0) is 38.9 Å². The molecule has 1 N–H and O–H groups in total. The number of hydrogen-bond donors (Lipinski definition) is 1. The molecule has 3 heteroatoms. The summed E-state index contributed by atoms with van der Waals surface area (Å²) in [6.45, 7) is 9.70. The lowest BCUT2D eigenvalue weighted by Gasteiger charge is -2.14. The van der Waals surface area contributed by atoms with Crippen molar-refractivity contribution in [3.8, 4) is 0 Å². The van der Waals surface area contributed by atoms with Crippen LogP contribution in [0.2, 0.25) is 0 Å². The van der Waals surface area contributed by atoms with Crippen molar-refractivity contribution in [2.45, 2.75) is 26.2 Å². The third-order valence-corrected chi connectivity index (χ3v) is 2.60. The van der Waals surface area contributed by atoms with Crippen LogP contribution in [0.25, 0.3) is 0 Å². The van der Waals surface area contributed by atoms with Gasteiger partial charge in [0.2, 0.25) is 0 Å². The highest BCUT2D eigenvalue weighted by atomic mass is 16.5. The monoisotopic (exact) mass is 200 g/mol. The minimum absolute atomic E-state index is 0.855. The van der Waals surface area contributed by atoms with Crippen LogP contribution in [0.4, 0.5) is 0 Å². The van der Waals surface area contributed by atoms with Gasteiger partial charge in [0.15, 0.2) is 0 Å². The van der Waals surface area contributed by atoms with E-state index in [4.69, 9.17) is 4.74 Å². The van der Waals surface area contributed by atoms with Gasteiger partial charge in [-0.2, -0.15) is 0 Å². The molecule has 0 aromatic rings. The first kappa shape index (κ1) is 12.0. The first-order chi connectivity index (χ1) is 6.93. The van der Waals surface area contributed by atoms with Crippen LogP contribution in [0, 0.1) is 0 Å². The topological polar surface area (TPSA) is 24.5 Å². The molecule has 0 unspecified atom stereocenters. The lowest BCUT2D eigenvalue weighted by Crippen LogP contribution is -2.26. The van der Waals surface area contributed by atoms with E-state index < -0.39 is 0 Å². The van der Waals surface area contributed by atoms with Crippen molar-refractivity contribution in [2.24, 2.45) is 0 Å². The fourth-order valence-corrected chi connectivity index (χ4v) is 1.75. The number of hydrogen-bond acceptors (Lipinski definition) is 3. The van der Waals surface area contributed by atoms with Crippen molar-refractivity contribution in [3.05, 3.63) is 0 Å². The molecule has 0 aromatic carbocycles. The molecule has 0 amide bonds. The van der Waals surface area contributed by atoms with Gasteiger partial charge in [0, 0.05) is 13.1 Å². The van der Waals surface area contributed by atoms with Crippen molar-refractivity contribution in [2.75, 3.05) is 45.9 Å². The van der Waals surface area contributed by atoms with Gasteiger partial charge < -0.3 is 15.0 Å². The van der Waals surface area contributed by atoms with Crippen LogP contribution >= 0.6 is 0 Å². The number of rotatable bonds is 8. The largest absolute Gasteiger partial charge is 0.379 e. The predicted molar refractivity (Wildman–Crippen MR) is 59.7 cm³/mol. The lowest BCUT2D eigenvalue weighted by molar-refractivity contribution is 0.113. The molecule has 0 radical (unpaired) electrons. The molecule has 1 heterocycles. The third kappa shape index (κ3) is 5.58. The van der Waals surface area contributed by atoms with E-state index in [-0.39, 0.29) is 0 Å². The maximum atomic E-state index is 5.54. The Bertz CT molecular complexity index is 124. The standard InChI is InChI=1S/C11H24N2O/c1-2-5-12-6-10-14-11-9-13-7-3-4-8-13/h12H,2-11H2,1H3. The Morgan fingerprint density at radius 3 is 2.64 bits per heavy atom. The van der Waals surface area contributed by atoms with Crippen LogP contribution in [0.1, 0.15) is 26.2 Å². The van der Waals surface area contributed by atoms with E-state index in [1.807, 2.05) is 0 Å². The van der Waals surface area contributed by atoms with Crippen molar-refractivity contribution < 1.29 is 4.74 Å². The van der Waals surface area contributed by atoms with E-state index in [0.29, 0.717) is 0 Å². The van der Waals surface area contributed by atoms with Crippen molar-refractivity contribution in [1.82, 2.24) is 10.2 Å². The molecule has 84 valence electrons. The molecule has 0 saturated carbocycles. The minimum Gasteiger partial charge on any atom is -0.379 e. The summed E-state index contributed by atoms with van der Waals surface area (Å²) in [7, 11) is 0. The summed E-state index contributed by atoms with van der Waals surface area (Å²) in [4.78, 5) is 2.49. The fraction of sp³-hybridized carbons (Fsp3) is 1.00. The van der Waals surface area contributed by atoms with Crippen LogP contribution in [-0.4, -0.2) is 50.8 Å². The smallest absolute Gasteiger partial charge is 0.0594 e. The number of ether oxygens (including phenoxy) is 1. The van der Waals surface area contributed by atoms with Crippen molar-refractivity contribution >= 4 is 0 Å². The Morgan fingerprint density at radius 2 is 1.93 bits per heavy atom. The second kappa shape index (κ2) is 8.21. The predicted octanol–water partition coefficient (Wildman–Crippen LogP) is 1.10. The Kier molecular flexibility index (Phi) is 7.01. The van der Waals surface area contributed by atoms with Gasteiger partial charge in [-0.25, -0.2) is 0 Å². The maximum Gasteiger partial charge on any atom is 0.0594 e. The van der Waals surface area contributed by atoms with Gasteiger partial charge in [0.1, 0.15) is 0 Å². The molecule has 0 aromatic heterocycles. The highest BCUT2D eigenvalue weighted by Gasteiger charge is 2.09. The molecular formula is C11H24N2O. The van der Waals surface area contributed by atoms with Gasteiger partial charge in [-0.15, -0.1) is 0 Å². The molecule has 3 nitrogen and oxygen atoms in total. The van der Waals surface area contributed by atoms with Crippen LogP contribution in [-0.2, 0) is 4.74 Å². The highest BCUT2D eigenvalue weighted by Crippen LogP contribution is 2.05. The third-order valence-electron chi connectivity index (χ3n) is 2.60. The Hall–Kier alpha value is -0.120. The molecule has 0 atom stereocenters. The zero-order valence-electron chi connectivity index (χ0n) is 9.43. The van der Waals surface area contributed by atoms with Crippen LogP contribution in [0.15, 0.2) is 0 Å². The summed E-state index contributed by atoms with van der Waals surface area (Å²) in [5.41, 5.74) is 0. The van der Waals surface area contributed by atoms with Gasteiger partial charge >= 0.3 is 0 Å². The maximum absolute atomic E-state index is 5.54. The number of nitrogens with one attached hydrogen (secondary N) is 1. The quantitative estimate of drug-likeness (QED) is 0.594. The summed E-state index contributed by atoms with van der Waals surface area (Å²) in [6.07, 6.45) is 3.95. The SMILES string of the molecule is CCCNCCOCCN1CCCC1. The molecule has 1 fully saturated rings. The summed E-state index contributed by atoms with van der Waals surface area (Å²) < 4.78 is 5.54. The van der Waals surface area contributed by atoms with E-state index in [9.17, 15) is 0 Å². The summed E-state index contributed by atoms with van der Waals surface area (Å²) in [5, 5.41) is 3.32. The van der Waals surface area contributed by atoms with E-state index in [2.05, 4.69) is 17.1 Å². The molecule has 0 spiro atoms. The van der Waals surface area contributed by atoms with E-state index in [0.717, 1.165) is 32.8 Å². The zero-order valence-corrected chi connectivity index (χ0v) is 9.43. The first-order valence-corrected chi connectivity index (χ1v) is 5.94. The van der Waals surface area contributed by atoms with Gasteiger partial charge in [-0.3, -0.25) is 0 Å². The summed E-state index contributed by atoms with van der Waals surface area (Å²) >= 11 is 0. The lowest BCUT2D eigenvalue weighted by atomic mass is 10.4. The number of likely N-dealkylation sites (tertiary alicyclic amines) is 1. The molecule has 1 saturated heterocycles. The summed E-state index contributed by atoms with van der Waals surface area (Å²) in [5.74, 6) is 0. The van der Waals surface area contributed by atoms with Crippen LogP contribution in [0.3, 0.4) is 0 Å². The Balaban J connectivity index is 1.75. The zero-order chi connectivity index (χ0) is 10.1. The van der Waals surface area contributed by atoms with Gasteiger partial charge in [-0.1, -0.05) is 6.92 Å². The Morgan fingerprint density at radius 1 is 1.14 bits per heavy atom. The van der Waals surface area contributed by atoms with E-state index in [1.165, 1.54) is 32.4 Å². The van der Waals surface area contributed by atoms with Crippen molar-refractivity contribution in [3.63, 3.8) is 0 Å². The first-order valence-electron chi connectivity index (χ1n) is 5.94. The Labute approximate surface area is 87.8 Å². The second-order valence-electron chi connectivity index (χ2n) is 3.91. The average Bonchev–Trinajstić information content (AvgIpc) is 2.69. The minimum atomic E-state index is 0.855. The molecule has 14 heavy (non-hydrogen) atoms. The average molecular weight is 200 g/mol. The van der Waals surface area contributed by atoms with E-state index >= 15 is 0 Å². The number of nitrogens with zero attached hydrogens (tertiary/aromatic N) is 1. The van der Waals surface area contributed by atoms with Crippen LogP contribution in [0.5, 0.6) is 0 Å². The molecule has 0 bridgehead atoms. The molecule has 0 aliphatic carbocycles. The molecule has 1 rings (SSSR count).